The van der Waals surface area contributed by atoms with Gasteiger partial charge in [0.25, 0.3) is 0 Å². The van der Waals surface area contributed by atoms with Crippen LogP contribution in [-0.2, 0) is 6.18 Å². The van der Waals surface area contributed by atoms with Crippen molar-refractivity contribution >= 4 is 5.82 Å². The molecule has 0 aliphatic rings. The molecule has 0 radical (unpaired) electrons. The first-order valence-corrected chi connectivity index (χ1v) is 4.41. The number of hydrogen-bond donors (Lipinski definition) is 0. The maximum absolute atomic E-state index is 12.5. The molecule has 0 saturated heterocycles. The van der Waals surface area contributed by atoms with Gasteiger partial charge in [-0.25, -0.2) is 0 Å². The number of nitrogens with zero attached hydrogens (tertiary/aromatic N) is 2. The molecule has 0 unspecified atom stereocenters. The Morgan fingerprint density at radius 2 is 1.79 bits per heavy atom. The predicted octanol–water partition coefficient (Wildman–Crippen LogP) is 3.22. The van der Waals surface area contributed by atoms with E-state index in [1.807, 2.05) is 0 Å². The first kappa shape index (κ1) is 15.0. The minimum atomic E-state index is -5.31. The normalized spacial score (nSPS) is 12.4. The van der Waals surface area contributed by atoms with Gasteiger partial charge in [-0.15, -0.1) is 13.2 Å². The minimum Gasteiger partial charge on any atom is -0.366 e. The third-order valence-corrected chi connectivity index (χ3v) is 1.92. The Morgan fingerprint density at radius 1 is 1.26 bits per heavy atom. The van der Waals surface area contributed by atoms with Gasteiger partial charge in [-0.1, -0.05) is 0 Å². The van der Waals surface area contributed by atoms with E-state index in [1.165, 1.54) is 0 Å². The summed E-state index contributed by atoms with van der Waals surface area (Å²) >= 11 is 0. The van der Waals surface area contributed by atoms with Crippen LogP contribution < -0.4 is 4.74 Å². The molecule has 0 N–H and O–H groups in total. The number of halogens is 6. The SMILES string of the molecule is Cc1c(C(F)(F)F)cc(OC(F)(F)F)nc1[N+](=O)[O-]. The van der Waals surface area contributed by atoms with E-state index < -0.39 is 40.3 Å². The number of aromatic nitrogens is 1. The lowest BCUT2D eigenvalue weighted by molar-refractivity contribution is -0.390. The second-order valence-electron chi connectivity index (χ2n) is 3.26. The van der Waals surface area contributed by atoms with Crippen LogP contribution in [0.15, 0.2) is 6.07 Å². The summed E-state index contributed by atoms with van der Waals surface area (Å²) in [5, 5.41) is 10.5. The molecule has 19 heavy (non-hydrogen) atoms. The topological polar surface area (TPSA) is 65.3 Å². The van der Waals surface area contributed by atoms with Crippen molar-refractivity contribution < 1.29 is 36.0 Å². The molecule has 0 amide bonds. The maximum atomic E-state index is 12.5. The molecule has 0 fully saturated rings. The number of nitro groups is 1. The van der Waals surface area contributed by atoms with Crippen molar-refractivity contribution in [3.05, 3.63) is 27.3 Å². The Hall–Kier alpha value is -2.07. The smallest absolute Gasteiger partial charge is 0.366 e. The van der Waals surface area contributed by atoms with Gasteiger partial charge in [0.15, 0.2) is 0 Å². The molecule has 1 aromatic rings. The van der Waals surface area contributed by atoms with Gasteiger partial charge >= 0.3 is 24.2 Å². The zero-order chi connectivity index (χ0) is 15.0. The summed E-state index contributed by atoms with van der Waals surface area (Å²) in [4.78, 5) is 11.9. The van der Waals surface area contributed by atoms with Crippen molar-refractivity contribution in [2.24, 2.45) is 0 Å². The monoisotopic (exact) mass is 290 g/mol. The second kappa shape index (κ2) is 4.55. The molecule has 1 aromatic heterocycles. The Balaban J connectivity index is 3.44. The zero-order valence-corrected chi connectivity index (χ0v) is 8.96. The van der Waals surface area contributed by atoms with Crippen LogP contribution in [0.2, 0.25) is 0 Å². The van der Waals surface area contributed by atoms with E-state index in [4.69, 9.17) is 0 Å². The summed E-state index contributed by atoms with van der Waals surface area (Å²) in [6.07, 6.45) is -10.4. The van der Waals surface area contributed by atoms with Crippen molar-refractivity contribution in [3.8, 4) is 5.88 Å². The zero-order valence-electron chi connectivity index (χ0n) is 8.96. The highest BCUT2D eigenvalue weighted by Crippen LogP contribution is 2.37. The number of alkyl halides is 6. The lowest BCUT2D eigenvalue weighted by Crippen LogP contribution is -2.19. The first-order valence-electron chi connectivity index (χ1n) is 4.41. The van der Waals surface area contributed by atoms with Crippen molar-refractivity contribution in [2.75, 3.05) is 0 Å². The molecule has 0 atom stereocenters. The van der Waals surface area contributed by atoms with Gasteiger partial charge in [0.1, 0.15) is 0 Å². The molecule has 106 valence electrons. The fourth-order valence-corrected chi connectivity index (χ4v) is 1.22. The maximum Gasteiger partial charge on any atom is 0.575 e. The molecule has 0 aromatic carbocycles. The van der Waals surface area contributed by atoms with Gasteiger partial charge in [-0.05, 0) is 11.8 Å². The summed E-state index contributed by atoms with van der Waals surface area (Å²) in [5.74, 6) is -2.90. The number of ether oxygens (including phenoxy) is 1. The lowest BCUT2D eigenvalue weighted by atomic mass is 10.1. The molecule has 11 heteroatoms. The van der Waals surface area contributed by atoms with Crippen LogP contribution in [0.25, 0.3) is 0 Å². The van der Waals surface area contributed by atoms with Crippen molar-refractivity contribution in [3.63, 3.8) is 0 Å². The number of rotatable bonds is 2. The number of hydrogen-bond acceptors (Lipinski definition) is 4. The average Bonchev–Trinajstić information content (AvgIpc) is 2.16. The molecular formula is C8H4F6N2O3. The van der Waals surface area contributed by atoms with E-state index >= 15 is 0 Å². The number of pyridine rings is 1. The molecular weight excluding hydrogens is 286 g/mol. The largest absolute Gasteiger partial charge is 0.575 e. The van der Waals surface area contributed by atoms with E-state index in [2.05, 4.69) is 9.72 Å². The molecule has 0 bridgehead atoms. The Morgan fingerprint density at radius 3 is 2.16 bits per heavy atom. The van der Waals surface area contributed by atoms with Crippen molar-refractivity contribution in [2.45, 2.75) is 19.5 Å². The summed E-state index contributed by atoms with van der Waals surface area (Å²) < 4.78 is 76.4. The van der Waals surface area contributed by atoms with E-state index in [0.717, 1.165) is 6.92 Å². The van der Waals surface area contributed by atoms with Crippen LogP contribution in [0.1, 0.15) is 11.1 Å². The van der Waals surface area contributed by atoms with Gasteiger partial charge in [-0.3, -0.25) is 0 Å². The molecule has 5 nitrogen and oxygen atoms in total. The highest BCUT2D eigenvalue weighted by atomic mass is 19.4. The van der Waals surface area contributed by atoms with E-state index in [0.29, 0.717) is 0 Å². The Labute approximate surface area is 101 Å². The second-order valence-corrected chi connectivity index (χ2v) is 3.26. The summed E-state index contributed by atoms with van der Waals surface area (Å²) in [6, 6.07) is -0.0458. The van der Waals surface area contributed by atoms with Crippen LogP contribution >= 0.6 is 0 Å². The lowest BCUT2D eigenvalue weighted by Gasteiger charge is -2.11. The minimum absolute atomic E-state index is 0.0458. The third kappa shape index (κ3) is 3.69. The van der Waals surface area contributed by atoms with E-state index in [-0.39, 0.29) is 6.07 Å². The molecule has 0 aliphatic heterocycles. The fraction of sp³-hybridized carbons (Fsp3) is 0.375. The molecule has 0 aliphatic carbocycles. The predicted molar refractivity (Wildman–Crippen MR) is 47.3 cm³/mol. The van der Waals surface area contributed by atoms with Crippen LogP contribution in [0.4, 0.5) is 32.2 Å². The standard InChI is InChI=1S/C8H4F6N2O3/c1-3-4(7(9,10)11)2-5(19-8(12,13)14)15-6(3)16(17)18/h2H,1H3. The fourth-order valence-electron chi connectivity index (χ4n) is 1.22. The van der Waals surface area contributed by atoms with Crippen LogP contribution in [0.5, 0.6) is 5.88 Å². The molecule has 0 spiro atoms. The first-order chi connectivity index (χ1) is 8.42. The van der Waals surface area contributed by atoms with Gasteiger partial charge < -0.3 is 14.9 Å². The highest BCUT2D eigenvalue weighted by molar-refractivity contribution is 5.43. The summed E-state index contributed by atoms with van der Waals surface area (Å²) in [7, 11) is 0. The van der Waals surface area contributed by atoms with Gasteiger partial charge in [0, 0.05) is 11.1 Å². The van der Waals surface area contributed by atoms with E-state index in [1.54, 1.807) is 0 Å². The van der Waals surface area contributed by atoms with Gasteiger partial charge in [0.05, 0.1) is 11.1 Å². The van der Waals surface area contributed by atoms with Crippen molar-refractivity contribution in [1.82, 2.24) is 4.98 Å². The molecule has 0 saturated carbocycles. The highest BCUT2D eigenvalue weighted by Gasteiger charge is 2.40. The Bertz CT molecular complexity index is 510. The van der Waals surface area contributed by atoms with Crippen LogP contribution in [-0.4, -0.2) is 16.3 Å². The molecule has 1 rings (SSSR count). The summed E-state index contributed by atoms with van der Waals surface area (Å²) in [5.41, 5.74) is -2.51. The van der Waals surface area contributed by atoms with E-state index in [9.17, 15) is 36.5 Å². The van der Waals surface area contributed by atoms with Gasteiger partial charge in [0.2, 0.25) is 0 Å². The molecule has 1 heterocycles. The van der Waals surface area contributed by atoms with Crippen LogP contribution in [0.3, 0.4) is 0 Å². The van der Waals surface area contributed by atoms with Crippen molar-refractivity contribution in [1.29, 1.82) is 0 Å². The Kier molecular flexibility index (Phi) is 3.59. The van der Waals surface area contributed by atoms with Crippen LogP contribution in [0, 0.1) is 17.0 Å². The van der Waals surface area contributed by atoms with Gasteiger partial charge in [-0.2, -0.15) is 13.2 Å². The quantitative estimate of drug-likeness (QED) is 0.476. The average molecular weight is 290 g/mol. The summed E-state index contributed by atoms with van der Waals surface area (Å²) in [6.45, 7) is 0.728. The third-order valence-electron chi connectivity index (χ3n) is 1.92.